The Labute approximate surface area is 104 Å². The second-order valence-corrected chi connectivity index (χ2v) is 4.21. The maximum absolute atomic E-state index is 11.8. The number of carboxylic acids is 1. The van der Waals surface area contributed by atoms with Crippen LogP contribution in [0.15, 0.2) is 18.2 Å². The van der Waals surface area contributed by atoms with E-state index < -0.39 is 17.5 Å². The molecule has 1 aromatic carbocycles. The van der Waals surface area contributed by atoms with Crippen molar-refractivity contribution in [3.63, 3.8) is 0 Å². The van der Waals surface area contributed by atoms with E-state index in [4.69, 9.17) is 9.84 Å². The van der Waals surface area contributed by atoms with Crippen LogP contribution in [0, 0.1) is 0 Å². The van der Waals surface area contributed by atoms with Crippen molar-refractivity contribution in [1.82, 2.24) is 0 Å². The van der Waals surface area contributed by atoms with Crippen LogP contribution in [-0.4, -0.2) is 34.8 Å². The molecule has 0 saturated heterocycles. The summed E-state index contributed by atoms with van der Waals surface area (Å²) in [6.45, 7) is 3.17. The van der Waals surface area contributed by atoms with Crippen molar-refractivity contribution in [2.45, 2.75) is 19.4 Å². The zero-order valence-electron chi connectivity index (χ0n) is 10.4. The van der Waals surface area contributed by atoms with Gasteiger partial charge in [0.15, 0.2) is 0 Å². The van der Waals surface area contributed by atoms with Gasteiger partial charge in [-0.1, -0.05) is 0 Å². The van der Waals surface area contributed by atoms with Gasteiger partial charge >= 0.3 is 5.97 Å². The molecule has 1 aromatic rings. The SMILES string of the molecule is COC(C)(C)C(=O)Nc1ccc(O)c(C(=O)O)c1. The lowest BCUT2D eigenvalue weighted by Gasteiger charge is -2.21. The van der Waals surface area contributed by atoms with Crippen molar-refractivity contribution in [1.29, 1.82) is 0 Å². The summed E-state index contributed by atoms with van der Waals surface area (Å²) in [5, 5.41) is 20.7. The first kappa shape index (κ1) is 14.0. The number of methoxy groups -OCH3 is 1. The van der Waals surface area contributed by atoms with E-state index in [2.05, 4.69) is 5.32 Å². The Morgan fingerprint density at radius 1 is 1.33 bits per heavy atom. The highest BCUT2D eigenvalue weighted by molar-refractivity contribution is 5.98. The Balaban J connectivity index is 2.96. The summed E-state index contributed by atoms with van der Waals surface area (Å²) in [5.74, 6) is -2.03. The van der Waals surface area contributed by atoms with Crippen LogP contribution >= 0.6 is 0 Å². The van der Waals surface area contributed by atoms with Crippen molar-refractivity contribution in [2.75, 3.05) is 12.4 Å². The molecular formula is C12H15NO5. The number of amides is 1. The average Bonchev–Trinajstić information content (AvgIpc) is 2.31. The average molecular weight is 253 g/mol. The molecule has 0 spiro atoms. The lowest BCUT2D eigenvalue weighted by Crippen LogP contribution is -2.38. The topological polar surface area (TPSA) is 95.9 Å². The Morgan fingerprint density at radius 3 is 2.44 bits per heavy atom. The number of benzene rings is 1. The number of hydrogen-bond donors (Lipinski definition) is 3. The van der Waals surface area contributed by atoms with Crippen LogP contribution in [0.4, 0.5) is 5.69 Å². The first-order valence-electron chi connectivity index (χ1n) is 5.21. The molecule has 0 aliphatic carbocycles. The lowest BCUT2D eigenvalue weighted by molar-refractivity contribution is -0.133. The maximum atomic E-state index is 11.8. The van der Waals surface area contributed by atoms with Crippen LogP contribution in [-0.2, 0) is 9.53 Å². The molecule has 0 aromatic heterocycles. The van der Waals surface area contributed by atoms with Crippen LogP contribution in [0.25, 0.3) is 0 Å². The summed E-state index contributed by atoms with van der Waals surface area (Å²) in [6.07, 6.45) is 0. The first-order valence-corrected chi connectivity index (χ1v) is 5.21. The van der Waals surface area contributed by atoms with E-state index in [0.29, 0.717) is 0 Å². The molecule has 0 atom stereocenters. The summed E-state index contributed by atoms with van der Waals surface area (Å²) in [5.41, 5.74) is -1.02. The number of phenols is 1. The van der Waals surface area contributed by atoms with Crippen LogP contribution in [0.3, 0.4) is 0 Å². The molecule has 0 radical (unpaired) electrons. The van der Waals surface area contributed by atoms with Gasteiger partial charge in [0.1, 0.15) is 16.9 Å². The van der Waals surface area contributed by atoms with Crippen molar-refractivity contribution in [3.05, 3.63) is 23.8 Å². The Morgan fingerprint density at radius 2 is 1.94 bits per heavy atom. The fourth-order valence-electron chi connectivity index (χ4n) is 1.16. The summed E-state index contributed by atoms with van der Waals surface area (Å²) in [6, 6.07) is 3.80. The lowest BCUT2D eigenvalue weighted by atomic mass is 10.1. The van der Waals surface area contributed by atoms with Gasteiger partial charge in [0.25, 0.3) is 5.91 Å². The number of rotatable bonds is 4. The summed E-state index contributed by atoms with van der Waals surface area (Å²) >= 11 is 0. The quantitative estimate of drug-likeness (QED) is 0.706. The van der Waals surface area contributed by atoms with Crippen LogP contribution in [0.2, 0.25) is 0 Å². The third-order valence-corrected chi connectivity index (χ3v) is 2.54. The van der Waals surface area contributed by atoms with E-state index in [1.165, 1.54) is 25.3 Å². The van der Waals surface area contributed by atoms with Crippen molar-refractivity contribution >= 4 is 17.6 Å². The highest BCUT2D eigenvalue weighted by Crippen LogP contribution is 2.22. The largest absolute Gasteiger partial charge is 0.507 e. The molecule has 6 heteroatoms. The first-order chi connectivity index (χ1) is 8.27. The van der Waals surface area contributed by atoms with E-state index in [1.54, 1.807) is 13.8 Å². The van der Waals surface area contributed by atoms with Crippen molar-refractivity contribution in [2.24, 2.45) is 0 Å². The fourth-order valence-corrected chi connectivity index (χ4v) is 1.16. The number of aromatic carboxylic acids is 1. The standard InChI is InChI=1S/C12H15NO5/c1-12(2,18-3)11(17)13-7-4-5-9(14)8(6-7)10(15)16/h4-6,14H,1-3H3,(H,13,17)(H,15,16). The van der Waals surface area contributed by atoms with Gasteiger partial charge in [-0.05, 0) is 32.0 Å². The Hall–Kier alpha value is -2.08. The number of aromatic hydroxyl groups is 1. The maximum Gasteiger partial charge on any atom is 0.339 e. The Bertz CT molecular complexity index is 481. The molecule has 0 heterocycles. The Kier molecular flexibility index (Phi) is 3.93. The predicted octanol–water partition coefficient (Wildman–Crippen LogP) is 1.45. The number of carbonyl (C=O) groups is 2. The number of carbonyl (C=O) groups excluding carboxylic acids is 1. The minimum Gasteiger partial charge on any atom is -0.507 e. The second kappa shape index (κ2) is 5.05. The second-order valence-electron chi connectivity index (χ2n) is 4.21. The van der Waals surface area contributed by atoms with E-state index in [1.807, 2.05) is 0 Å². The highest BCUT2D eigenvalue weighted by Gasteiger charge is 2.27. The van der Waals surface area contributed by atoms with E-state index >= 15 is 0 Å². The molecule has 1 rings (SSSR count). The van der Waals surface area contributed by atoms with Crippen LogP contribution in [0.5, 0.6) is 5.75 Å². The smallest absolute Gasteiger partial charge is 0.339 e. The van der Waals surface area contributed by atoms with Gasteiger partial charge in [0.05, 0.1) is 0 Å². The van der Waals surface area contributed by atoms with Gasteiger partial charge in [0, 0.05) is 12.8 Å². The van der Waals surface area contributed by atoms with Gasteiger partial charge in [0.2, 0.25) is 0 Å². The number of nitrogens with one attached hydrogen (secondary N) is 1. The molecule has 98 valence electrons. The van der Waals surface area contributed by atoms with Gasteiger partial charge in [-0.2, -0.15) is 0 Å². The molecule has 0 unspecified atom stereocenters. The number of hydrogen-bond acceptors (Lipinski definition) is 4. The third-order valence-electron chi connectivity index (χ3n) is 2.54. The van der Waals surface area contributed by atoms with E-state index in [0.717, 1.165) is 0 Å². The zero-order valence-corrected chi connectivity index (χ0v) is 10.4. The monoisotopic (exact) mass is 253 g/mol. The molecular weight excluding hydrogens is 238 g/mol. The van der Waals surface area contributed by atoms with Gasteiger partial charge in [-0.15, -0.1) is 0 Å². The van der Waals surface area contributed by atoms with Gasteiger partial charge in [-0.3, -0.25) is 4.79 Å². The normalized spacial score (nSPS) is 11.1. The molecule has 1 amide bonds. The molecule has 0 saturated carbocycles. The molecule has 0 bridgehead atoms. The fraction of sp³-hybridized carbons (Fsp3) is 0.333. The number of ether oxygens (including phenoxy) is 1. The summed E-state index contributed by atoms with van der Waals surface area (Å²) < 4.78 is 5.00. The zero-order chi connectivity index (χ0) is 13.9. The van der Waals surface area contributed by atoms with Crippen molar-refractivity contribution in [3.8, 4) is 5.75 Å². The predicted molar refractivity (Wildman–Crippen MR) is 64.8 cm³/mol. The van der Waals surface area contributed by atoms with E-state index in [-0.39, 0.29) is 17.0 Å². The molecule has 0 aliphatic heterocycles. The van der Waals surface area contributed by atoms with E-state index in [9.17, 15) is 14.7 Å². The number of anilines is 1. The summed E-state index contributed by atoms with van der Waals surface area (Å²) in [4.78, 5) is 22.6. The molecule has 0 aliphatic rings. The summed E-state index contributed by atoms with van der Waals surface area (Å²) in [7, 11) is 1.40. The van der Waals surface area contributed by atoms with Crippen LogP contribution in [0.1, 0.15) is 24.2 Å². The molecule has 0 fully saturated rings. The van der Waals surface area contributed by atoms with Crippen LogP contribution < -0.4 is 5.32 Å². The minimum absolute atomic E-state index is 0.275. The van der Waals surface area contributed by atoms with Gasteiger partial charge < -0.3 is 20.3 Å². The molecule has 3 N–H and O–H groups in total. The molecule has 6 nitrogen and oxygen atoms in total. The highest BCUT2D eigenvalue weighted by atomic mass is 16.5. The van der Waals surface area contributed by atoms with Crippen molar-refractivity contribution < 1.29 is 24.5 Å². The van der Waals surface area contributed by atoms with Gasteiger partial charge in [-0.25, -0.2) is 4.79 Å². The number of carboxylic acid groups (broad SMARTS) is 1. The third kappa shape index (κ3) is 2.98. The molecule has 18 heavy (non-hydrogen) atoms. The minimum atomic E-state index is -1.27.